The average molecular weight is 202 g/mol. The van der Waals surface area contributed by atoms with Gasteiger partial charge in [-0.05, 0) is 43.4 Å². The average Bonchev–Trinajstić information content (AvgIpc) is 2.17. The van der Waals surface area contributed by atoms with E-state index in [-0.39, 0.29) is 0 Å². The monoisotopic (exact) mass is 202 g/mol. The number of aryl methyl sites for hydroxylation is 2. The van der Waals surface area contributed by atoms with Crippen molar-refractivity contribution in [2.24, 2.45) is 0 Å². The molecule has 1 aliphatic carbocycles. The van der Waals surface area contributed by atoms with Crippen LogP contribution in [0.4, 0.5) is 0 Å². The number of allylic oxidation sites excluding steroid dienone is 1. The highest BCUT2D eigenvalue weighted by Gasteiger charge is 2.19. The highest BCUT2D eigenvalue weighted by molar-refractivity contribution is 5.97. The molecular weight excluding hydrogens is 188 g/mol. The van der Waals surface area contributed by atoms with E-state index in [2.05, 4.69) is 13.0 Å². The lowest BCUT2D eigenvalue weighted by molar-refractivity contribution is -0.132. The minimum absolute atomic E-state index is 0.561. The molecule has 1 aromatic rings. The predicted molar refractivity (Wildman–Crippen MR) is 59.7 cm³/mol. The number of carbonyl (C=O) groups is 1. The lowest BCUT2D eigenvalue weighted by Crippen LogP contribution is -2.10. The Labute approximate surface area is 89.2 Å². The molecule has 1 aliphatic rings. The Morgan fingerprint density at radius 3 is 2.67 bits per heavy atom. The maximum atomic E-state index is 11.0. The lowest BCUT2D eigenvalue weighted by Gasteiger charge is -2.19. The van der Waals surface area contributed by atoms with E-state index in [4.69, 9.17) is 5.11 Å². The quantitative estimate of drug-likeness (QED) is 0.760. The largest absolute Gasteiger partial charge is 0.478 e. The van der Waals surface area contributed by atoms with Gasteiger partial charge in [0.1, 0.15) is 0 Å². The Bertz CT molecular complexity index is 456. The van der Waals surface area contributed by atoms with Crippen molar-refractivity contribution in [3.8, 4) is 0 Å². The van der Waals surface area contributed by atoms with Crippen LogP contribution >= 0.6 is 0 Å². The number of rotatable bonds is 1. The summed E-state index contributed by atoms with van der Waals surface area (Å²) in [5.41, 5.74) is 5.09. The van der Waals surface area contributed by atoms with Gasteiger partial charge in [0.25, 0.3) is 0 Å². The second kappa shape index (κ2) is 3.54. The molecule has 0 radical (unpaired) electrons. The van der Waals surface area contributed by atoms with Crippen LogP contribution in [0.25, 0.3) is 5.57 Å². The molecule has 0 bridgehead atoms. The molecule has 15 heavy (non-hydrogen) atoms. The normalized spacial score (nSPS) is 15.1. The summed E-state index contributed by atoms with van der Waals surface area (Å²) in [6.45, 7) is 3.96. The first kappa shape index (κ1) is 9.97. The van der Waals surface area contributed by atoms with Crippen molar-refractivity contribution >= 4 is 11.5 Å². The molecule has 2 heteroatoms. The van der Waals surface area contributed by atoms with Crippen LogP contribution in [0.2, 0.25) is 0 Å². The maximum Gasteiger partial charge on any atom is 0.331 e. The van der Waals surface area contributed by atoms with Crippen molar-refractivity contribution in [1.29, 1.82) is 0 Å². The fourth-order valence-corrected chi connectivity index (χ4v) is 2.17. The van der Waals surface area contributed by atoms with Crippen LogP contribution in [0.5, 0.6) is 0 Å². The van der Waals surface area contributed by atoms with Crippen molar-refractivity contribution in [2.45, 2.75) is 26.7 Å². The number of hydrogen-bond donors (Lipinski definition) is 1. The van der Waals surface area contributed by atoms with Crippen LogP contribution in [0.15, 0.2) is 23.8 Å². The van der Waals surface area contributed by atoms with E-state index in [1.807, 2.05) is 19.1 Å². The Balaban J connectivity index is 2.57. The Morgan fingerprint density at radius 1 is 1.27 bits per heavy atom. The summed E-state index contributed by atoms with van der Waals surface area (Å²) < 4.78 is 0. The molecule has 0 fully saturated rings. The van der Waals surface area contributed by atoms with Crippen LogP contribution in [0.1, 0.15) is 30.0 Å². The summed E-state index contributed by atoms with van der Waals surface area (Å²) in [6.07, 6.45) is 1.49. The van der Waals surface area contributed by atoms with Crippen LogP contribution in [-0.2, 0) is 11.2 Å². The van der Waals surface area contributed by atoms with E-state index >= 15 is 0 Å². The summed E-state index contributed by atoms with van der Waals surface area (Å²) in [4.78, 5) is 11.0. The first-order valence-electron chi connectivity index (χ1n) is 5.12. The Kier molecular flexibility index (Phi) is 2.35. The van der Waals surface area contributed by atoms with Crippen molar-refractivity contribution < 1.29 is 9.90 Å². The maximum absolute atomic E-state index is 11.0. The van der Waals surface area contributed by atoms with E-state index < -0.39 is 5.97 Å². The third-order valence-electron chi connectivity index (χ3n) is 3.02. The second-order valence-corrected chi connectivity index (χ2v) is 4.07. The van der Waals surface area contributed by atoms with Gasteiger partial charge >= 0.3 is 5.97 Å². The summed E-state index contributed by atoms with van der Waals surface area (Å²) >= 11 is 0. The first-order chi connectivity index (χ1) is 7.09. The summed E-state index contributed by atoms with van der Waals surface area (Å²) in [7, 11) is 0. The van der Waals surface area contributed by atoms with Crippen molar-refractivity contribution in [3.05, 3.63) is 40.5 Å². The van der Waals surface area contributed by atoms with Gasteiger partial charge in [-0.1, -0.05) is 23.8 Å². The highest BCUT2D eigenvalue weighted by Crippen LogP contribution is 2.31. The Hall–Kier alpha value is -1.57. The van der Waals surface area contributed by atoms with Gasteiger partial charge in [-0.2, -0.15) is 0 Å². The van der Waals surface area contributed by atoms with E-state index in [9.17, 15) is 4.79 Å². The lowest BCUT2D eigenvalue weighted by atomic mass is 9.85. The van der Waals surface area contributed by atoms with Crippen LogP contribution < -0.4 is 0 Å². The number of carboxylic acids is 1. The zero-order valence-electron chi connectivity index (χ0n) is 9.00. The van der Waals surface area contributed by atoms with Gasteiger partial charge in [-0.3, -0.25) is 0 Å². The molecule has 0 aromatic heterocycles. The van der Waals surface area contributed by atoms with E-state index in [0.29, 0.717) is 12.0 Å². The molecular formula is C13H14O2. The van der Waals surface area contributed by atoms with Gasteiger partial charge in [0.05, 0.1) is 0 Å². The Morgan fingerprint density at radius 2 is 2.00 bits per heavy atom. The van der Waals surface area contributed by atoms with Gasteiger partial charge in [-0.15, -0.1) is 0 Å². The molecule has 0 amide bonds. The molecule has 0 aliphatic heterocycles. The number of fused-ring (bicyclic) bond motifs is 1. The van der Waals surface area contributed by atoms with Gasteiger partial charge in [0, 0.05) is 5.57 Å². The van der Waals surface area contributed by atoms with Crippen molar-refractivity contribution in [2.75, 3.05) is 0 Å². The van der Waals surface area contributed by atoms with Crippen molar-refractivity contribution in [1.82, 2.24) is 0 Å². The molecule has 0 heterocycles. The minimum Gasteiger partial charge on any atom is -0.478 e. The predicted octanol–water partition coefficient (Wildman–Crippen LogP) is 2.80. The van der Waals surface area contributed by atoms with Crippen LogP contribution in [0.3, 0.4) is 0 Å². The second-order valence-electron chi connectivity index (χ2n) is 4.07. The molecule has 0 unspecified atom stereocenters. The zero-order chi connectivity index (χ0) is 11.0. The number of benzene rings is 1. The molecule has 0 spiro atoms. The molecule has 0 atom stereocenters. The standard InChI is InChI=1S/C13H14O2/c1-8-3-5-11-9(2)12(13(14)15)6-4-10(11)7-8/h3,5,7H,4,6H2,1-2H3,(H,14,15). The van der Waals surface area contributed by atoms with E-state index in [1.54, 1.807) is 0 Å². The topological polar surface area (TPSA) is 37.3 Å². The first-order valence-corrected chi connectivity index (χ1v) is 5.12. The van der Waals surface area contributed by atoms with Gasteiger partial charge in [0.2, 0.25) is 0 Å². The van der Waals surface area contributed by atoms with Crippen LogP contribution in [0, 0.1) is 6.92 Å². The fraction of sp³-hybridized carbons (Fsp3) is 0.308. The van der Waals surface area contributed by atoms with Gasteiger partial charge in [-0.25, -0.2) is 4.79 Å². The van der Waals surface area contributed by atoms with E-state index in [0.717, 1.165) is 17.6 Å². The smallest absolute Gasteiger partial charge is 0.331 e. The highest BCUT2D eigenvalue weighted by atomic mass is 16.4. The third kappa shape index (κ3) is 1.67. The number of aliphatic carboxylic acids is 1. The molecule has 1 N–H and O–H groups in total. The third-order valence-corrected chi connectivity index (χ3v) is 3.02. The number of hydrogen-bond acceptors (Lipinski definition) is 1. The molecule has 2 rings (SSSR count). The molecule has 2 nitrogen and oxygen atoms in total. The summed E-state index contributed by atoms with van der Waals surface area (Å²) in [5, 5.41) is 9.03. The summed E-state index contributed by atoms with van der Waals surface area (Å²) in [5.74, 6) is -0.779. The molecule has 0 saturated carbocycles. The molecule has 78 valence electrons. The zero-order valence-corrected chi connectivity index (χ0v) is 9.00. The van der Waals surface area contributed by atoms with Crippen molar-refractivity contribution in [3.63, 3.8) is 0 Å². The van der Waals surface area contributed by atoms with Crippen LogP contribution in [-0.4, -0.2) is 11.1 Å². The fourth-order valence-electron chi connectivity index (χ4n) is 2.17. The number of carboxylic acid groups (broad SMARTS) is 1. The molecule has 1 aromatic carbocycles. The minimum atomic E-state index is -0.779. The van der Waals surface area contributed by atoms with Gasteiger partial charge < -0.3 is 5.11 Å². The SMILES string of the molecule is CC1=C(C(=O)O)CCc2cc(C)ccc21. The van der Waals surface area contributed by atoms with E-state index in [1.165, 1.54) is 11.1 Å². The van der Waals surface area contributed by atoms with Gasteiger partial charge in [0.15, 0.2) is 0 Å². The molecule has 0 saturated heterocycles. The summed E-state index contributed by atoms with van der Waals surface area (Å²) in [6, 6.07) is 6.21.